The molecular weight excluding hydrogens is 247 g/mol. The molecule has 0 bridgehead atoms. The van der Waals surface area contributed by atoms with E-state index >= 15 is 0 Å². The molecule has 106 valence electrons. The topological polar surface area (TPSA) is 49.6 Å². The molecule has 1 saturated heterocycles. The molecule has 1 heterocycles. The Morgan fingerprint density at radius 3 is 2.28 bits per heavy atom. The van der Waals surface area contributed by atoms with Crippen LogP contribution >= 0.6 is 0 Å². The molecule has 0 aromatic heterocycles. The van der Waals surface area contributed by atoms with E-state index in [2.05, 4.69) is 0 Å². The number of hydrogen-bond acceptors (Lipinski definition) is 3. The molecule has 1 rings (SSSR count). The quantitative estimate of drug-likeness (QED) is 0.820. The Balaban J connectivity index is 2.37. The number of nitrogens with zero attached hydrogens (tertiary/aromatic N) is 2. The highest BCUT2D eigenvalue weighted by atomic mass is 19.4. The highest BCUT2D eigenvalue weighted by Crippen LogP contribution is 2.17. The lowest BCUT2D eigenvalue weighted by Gasteiger charge is -2.36. The highest BCUT2D eigenvalue weighted by molar-refractivity contribution is 5.81. The van der Waals surface area contributed by atoms with Crippen LogP contribution in [0.1, 0.15) is 19.8 Å². The van der Waals surface area contributed by atoms with Crippen LogP contribution in [0.4, 0.5) is 13.2 Å². The van der Waals surface area contributed by atoms with Gasteiger partial charge in [0.15, 0.2) is 0 Å². The number of halogens is 3. The molecule has 0 spiro atoms. The zero-order valence-electron chi connectivity index (χ0n) is 10.5. The molecule has 0 aromatic carbocycles. The van der Waals surface area contributed by atoms with Gasteiger partial charge in [0, 0.05) is 26.2 Å². The summed E-state index contributed by atoms with van der Waals surface area (Å²) in [4.78, 5) is 14.7. The van der Waals surface area contributed by atoms with Crippen molar-refractivity contribution in [1.29, 1.82) is 0 Å². The van der Waals surface area contributed by atoms with Gasteiger partial charge in [-0.25, -0.2) is 0 Å². The van der Waals surface area contributed by atoms with E-state index < -0.39 is 18.8 Å². The van der Waals surface area contributed by atoms with Crippen LogP contribution in [-0.2, 0) is 4.79 Å². The fourth-order valence-corrected chi connectivity index (χ4v) is 2.05. The second kappa shape index (κ2) is 6.38. The first-order valence-corrected chi connectivity index (χ1v) is 6.17. The molecule has 1 aliphatic rings. The van der Waals surface area contributed by atoms with E-state index in [-0.39, 0.29) is 19.0 Å². The molecule has 7 heteroatoms. The molecular formula is C11H20F3N3O. The number of nitrogens with two attached hydrogens (primary N) is 1. The SMILES string of the molecule is CCC[C@@H](N)C(=O)N1CCN(CC(F)(F)F)CC1. The van der Waals surface area contributed by atoms with Gasteiger partial charge in [0.2, 0.25) is 5.91 Å². The van der Waals surface area contributed by atoms with E-state index in [0.717, 1.165) is 6.42 Å². The molecule has 0 aliphatic carbocycles. The molecule has 0 radical (unpaired) electrons. The van der Waals surface area contributed by atoms with E-state index in [0.29, 0.717) is 19.5 Å². The van der Waals surface area contributed by atoms with Crippen molar-refractivity contribution in [2.24, 2.45) is 5.73 Å². The maximum absolute atomic E-state index is 12.2. The molecule has 0 saturated carbocycles. The van der Waals surface area contributed by atoms with Crippen LogP contribution in [0.5, 0.6) is 0 Å². The lowest BCUT2D eigenvalue weighted by Crippen LogP contribution is -2.54. The summed E-state index contributed by atoms with van der Waals surface area (Å²) in [5, 5.41) is 0. The summed E-state index contributed by atoms with van der Waals surface area (Å²) in [7, 11) is 0. The number of carbonyl (C=O) groups is 1. The Labute approximate surface area is 105 Å². The van der Waals surface area contributed by atoms with E-state index in [1.807, 2.05) is 6.92 Å². The minimum absolute atomic E-state index is 0.150. The van der Waals surface area contributed by atoms with Crippen molar-refractivity contribution in [3.8, 4) is 0 Å². The summed E-state index contributed by atoms with van der Waals surface area (Å²) < 4.78 is 36.5. The van der Waals surface area contributed by atoms with Crippen molar-refractivity contribution in [2.45, 2.75) is 32.0 Å². The lowest BCUT2D eigenvalue weighted by atomic mass is 10.1. The largest absolute Gasteiger partial charge is 0.401 e. The maximum atomic E-state index is 12.2. The van der Waals surface area contributed by atoms with Crippen LogP contribution in [0, 0.1) is 0 Å². The minimum atomic E-state index is -4.18. The average Bonchev–Trinajstić information content (AvgIpc) is 2.27. The third-order valence-corrected chi connectivity index (χ3v) is 3.00. The Morgan fingerprint density at radius 2 is 1.83 bits per heavy atom. The zero-order chi connectivity index (χ0) is 13.8. The van der Waals surface area contributed by atoms with Gasteiger partial charge in [-0.05, 0) is 6.42 Å². The third kappa shape index (κ3) is 4.81. The van der Waals surface area contributed by atoms with E-state index in [1.165, 1.54) is 4.90 Å². The first-order chi connectivity index (χ1) is 8.33. The summed E-state index contributed by atoms with van der Waals surface area (Å²) in [6.07, 6.45) is -2.74. The molecule has 4 nitrogen and oxygen atoms in total. The summed E-state index contributed by atoms with van der Waals surface area (Å²) in [5.41, 5.74) is 5.71. The fourth-order valence-electron chi connectivity index (χ4n) is 2.05. The number of hydrogen-bond donors (Lipinski definition) is 1. The summed E-state index contributed by atoms with van der Waals surface area (Å²) in [6, 6.07) is -0.524. The van der Waals surface area contributed by atoms with Crippen LogP contribution < -0.4 is 5.73 Å². The zero-order valence-corrected chi connectivity index (χ0v) is 10.5. The summed E-state index contributed by atoms with van der Waals surface area (Å²) in [5.74, 6) is -0.150. The molecule has 2 N–H and O–H groups in total. The first-order valence-electron chi connectivity index (χ1n) is 6.17. The van der Waals surface area contributed by atoms with Gasteiger partial charge in [-0.3, -0.25) is 9.69 Å². The number of rotatable bonds is 4. The molecule has 1 amide bonds. The second-order valence-electron chi connectivity index (χ2n) is 4.61. The molecule has 1 aliphatic heterocycles. The van der Waals surface area contributed by atoms with Crippen LogP contribution in [0.3, 0.4) is 0 Å². The molecule has 1 fully saturated rings. The van der Waals surface area contributed by atoms with Crippen molar-refractivity contribution >= 4 is 5.91 Å². The van der Waals surface area contributed by atoms with Gasteiger partial charge in [-0.1, -0.05) is 13.3 Å². The van der Waals surface area contributed by atoms with Gasteiger partial charge < -0.3 is 10.6 Å². The maximum Gasteiger partial charge on any atom is 0.401 e. The Kier molecular flexibility index (Phi) is 5.40. The molecule has 0 aromatic rings. The van der Waals surface area contributed by atoms with Crippen molar-refractivity contribution in [2.75, 3.05) is 32.7 Å². The number of piperazine rings is 1. The van der Waals surface area contributed by atoms with E-state index in [9.17, 15) is 18.0 Å². The molecule has 0 unspecified atom stereocenters. The van der Waals surface area contributed by atoms with Crippen LogP contribution in [0.2, 0.25) is 0 Å². The first kappa shape index (κ1) is 15.2. The fraction of sp³-hybridized carbons (Fsp3) is 0.909. The van der Waals surface area contributed by atoms with Crippen molar-refractivity contribution in [3.05, 3.63) is 0 Å². The van der Waals surface area contributed by atoms with Gasteiger partial charge in [0.25, 0.3) is 0 Å². The van der Waals surface area contributed by atoms with E-state index in [4.69, 9.17) is 5.73 Å². The van der Waals surface area contributed by atoms with Gasteiger partial charge in [-0.15, -0.1) is 0 Å². The van der Waals surface area contributed by atoms with Crippen LogP contribution in [-0.4, -0.2) is 60.6 Å². The van der Waals surface area contributed by atoms with Gasteiger partial charge in [0.1, 0.15) is 0 Å². The Morgan fingerprint density at radius 1 is 1.28 bits per heavy atom. The molecule has 18 heavy (non-hydrogen) atoms. The predicted molar refractivity (Wildman–Crippen MR) is 62.0 cm³/mol. The van der Waals surface area contributed by atoms with Gasteiger partial charge >= 0.3 is 6.18 Å². The Hall–Kier alpha value is -0.820. The highest BCUT2D eigenvalue weighted by Gasteiger charge is 2.33. The van der Waals surface area contributed by atoms with Gasteiger partial charge in [-0.2, -0.15) is 13.2 Å². The normalized spacial score (nSPS) is 19.9. The van der Waals surface area contributed by atoms with Crippen molar-refractivity contribution in [1.82, 2.24) is 9.80 Å². The van der Waals surface area contributed by atoms with Crippen LogP contribution in [0.25, 0.3) is 0 Å². The lowest BCUT2D eigenvalue weighted by molar-refractivity contribution is -0.152. The van der Waals surface area contributed by atoms with Crippen molar-refractivity contribution < 1.29 is 18.0 Å². The standard InChI is InChI=1S/C11H20F3N3O/c1-2-3-9(15)10(18)17-6-4-16(5-7-17)8-11(12,13)14/h9H,2-8,15H2,1H3/t9-/m1/s1. The summed E-state index contributed by atoms with van der Waals surface area (Å²) in [6.45, 7) is 2.19. The monoisotopic (exact) mass is 267 g/mol. The number of carbonyl (C=O) groups excluding carboxylic acids is 1. The van der Waals surface area contributed by atoms with Gasteiger partial charge in [0.05, 0.1) is 12.6 Å². The third-order valence-electron chi connectivity index (χ3n) is 3.00. The number of alkyl halides is 3. The second-order valence-corrected chi connectivity index (χ2v) is 4.61. The Bertz CT molecular complexity index is 275. The average molecular weight is 267 g/mol. The van der Waals surface area contributed by atoms with Crippen molar-refractivity contribution in [3.63, 3.8) is 0 Å². The van der Waals surface area contributed by atoms with Crippen LogP contribution in [0.15, 0.2) is 0 Å². The van der Waals surface area contributed by atoms with E-state index in [1.54, 1.807) is 4.90 Å². The smallest absolute Gasteiger partial charge is 0.339 e. The number of amides is 1. The summed E-state index contributed by atoms with van der Waals surface area (Å²) >= 11 is 0. The predicted octanol–water partition coefficient (Wildman–Crippen LogP) is 0.820. The molecule has 1 atom stereocenters. The minimum Gasteiger partial charge on any atom is -0.339 e.